The summed E-state index contributed by atoms with van der Waals surface area (Å²) in [5.41, 5.74) is 4.19. The Morgan fingerprint density at radius 2 is 1.71 bits per heavy atom. The van der Waals surface area contributed by atoms with E-state index < -0.39 is 5.97 Å². The predicted octanol–water partition coefficient (Wildman–Crippen LogP) is 2.35. The fourth-order valence-corrected chi connectivity index (χ4v) is 2.13. The van der Waals surface area contributed by atoms with Gasteiger partial charge in [0.1, 0.15) is 5.75 Å². The van der Waals surface area contributed by atoms with E-state index in [4.69, 9.17) is 9.47 Å². The van der Waals surface area contributed by atoms with Gasteiger partial charge in [-0.15, -0.1) is 0 Å². The van der Waals surface area contributed by atoms with Crippen molar-refractivity contribution in [2.24, 2.45) is 5.10 Å². The highest BCUT2D eigenvalue weighted by Crippen LogP contribution is 2.11. The Kier molecular flexibility index (Phi) is 7.71. The number of hydrogen-bond acceptors (Lipinski definition) is 6. The third-order valence-corrected chi connectivity index (χ3v) is 3.39. The number of nitrogens with one attached hydrogen (secondary N) is 2. The summed E-state index contributed by atoms with van der Waals surface area (Å²) >= 11 is 0. The van der Waals surface area contributed by atoms with Gasteiger partial charge in [0.05, 0.1) is 12.8 Å². The molecular weight excluding hydrogens is 362 g/mol. The number of amides is 2. The van der Waals surface area contributed by atoms with Crippen LogP contribution in [0.25, 0.3) is 0 Å². The molecule has 146 valence electrons. The van der Waals surface area contributed by atoms with Gasteiger partial charge in [-0.2, -0.15) is 5.10 Å². The summed E-state index contributed by atoms with van der Waals surface area (Å²) in [6.07, 6.45) is 1.48. The van der Waals surface area contributed by atoms with E-state index in [1.54, 1.807) is 55.5 Å². The SMILES string of the molecule is CCOC(=O)COc1ccc(/C=N\NC(=O)c2ccc(NC(C)=O)cc2)cc1. The maximum absolute atomic E-state index is 12.0. The highest BCUT2D eigenvalue weighted by molar-refractivity contribution is 5.96. The van der Waals surface area contributed by atoms with Crippen molar-refractivity contribution in [1.82, 2.24) is 5.43 Å². The minimum Gasteiger partial charge on any atom is -0.482 e. The summed E-state index contributed by atoms with van der Waals surface area (Å²) in [6.45, 7) is 3.29. The largest absolute Gasteiger partial charge is 0.482 e. The normalized spacial score (nSPS) is 10.4. The molecular formula is C20H21N3O5. The lowest BCUT2D eigenvalue weighted by molar-refractivity contribution is -0.145. The molecule has 2 amide bonds. The Morgan fingerprint density at radius 1 is 1.04 bits per heavy atom. The Hall–Kier alpha value is -3.68. The van der Waals surface area contributed by atoms with Crippen molar-refractivity contribution >= 4 is 29.7 Å². The fourth-order valence-electron chi connectivity index (χ4n) is 2.13. The van der Waals surface area contributed by atoms with Crippen molar-refractivity contribution in [3.05, 3.63) is 59.7 Å². The van der Waals surface area contributed by atoms with E-state index in [9.17, 15) is 14.4 Å². The Morgan fingerprint density at radius 3 is 2.32 bits per heavy atom. The third kappa shape index (κ3) is 6.91. The summed E-state index contributed by atoms with van der Waals surface area (Å²) in [7, 11) is 0. The first-order valence-electron chi connectivity index (χ1n) is 8.57. The number of ether oxygens (including phenoxy) is 2. The molecule has 0 aliphatic carbocycles. The van der Waals surface area contributed by atoms with Gasteiger partial charge in [-0.25, -0.2) is 10.2 Å². The lowest BCUT2D eigenvalue weighted by Gasteiger charge is -2.05. The van der Waals surface area contributed by atoms with E-state index in [0.717, 1.165) is 5.56 Å². The number of nitrogens with zero attached hydrogens (tertiary/aromatic N) is 1. The van der Waals surface area contributed by atoms with Crippen LogP contribution in [0.15, 0.2) is 53.6 Å². The van der Waals surface area contributed by atoms with Crippen LogP contribution in [0.4, 0.5) is 5.69 Å². The number of carbonyl (C=O) groups is 3. The van der Waals surface area contributed by atoms with Crippen molar-refractivity contribution in [2.45, 2.75) is 13.8 Å². The lowest BCUT2D eigenvalue weighted by Crippen LogP contribution is -2.17. The van der Waals surface area contributed by atoms with Crippen molar-refractivity contribution < 1.29 is 23.9 Å². The van der Waals surface area contributed by atoms with Gasteiger partial charge >= 0.3 is 5.97 Å². The third-order valence-electron chi connectivity index (χ3n) is 3.39. The molecule has 0 aliphatic rings. The molecule has 2 aromatic carbocycles. The van der Waals surface area contributed by atoms with Gasteiger partial charge in [-0.1, -0.05) is 0 Å². The second-order valence-electron chi connectivity index (χ2n) is 5.62. The van der Waals surface area contributed by atoms with Gasteiger partial charge in [0.25, 0.3) is 5.91 Å². The molecule has 0 bridgehead atoms. The zero-order chi connectivity index (χ0) is 20.4. The molecule has 0 heterocycles. The quantitative estimate of drug-likeness (QED) is 0.413. The lowest BCUT2D eigenvalue weighted by atomic mass is 10.2. The van der Waals surface area contributed by atoms with E-state index in [1.165, 1.54) is 13.1 Å². The number of carbonyl (C=O) groups excluding carboxylic acids is 3. The molecule has 0 saturated heterocycles. The summed E-state index contributed by atoms with van der Waals surface area (Å²) in [6, 6.07) is 13.3. The van der Waals surface area contributed by atoms with Crippen LogP contribution in [0, 0.1) is 0 Å². The molecule has 0 unspecified atom stereocenters. The first kappa shape index (κ1) is 20.6. The highest BCUT2D eigenvalue weighted by Gasteiger charge is 2.05. The average molecular weight is 383 g/mol. The van der Waals surface area contributed by atoms with Gasteiger partial charge < -0.3 is 14.8 Å². The van der Waals surface area contributed by atoms with Crippen LogP contribution in [-0.4, -0.2) is 37.2 Å². The van der Waals surface area contributed by atoms with E-state index in [2.05, 4.69) is 15.8 Å². The number of benzene rings is 2. The number of hydrazone groups is 1. The molecule has 0 aliphatic heterocycles. The highest BCUT2D eigenvalue weighted by atomic mass is 16.6. The predicted molar refractivity (Wildman–Crippen MR) is 104 cm³/mol. The summed E-state index contributed by atoms with van der Waals surface area (Å²) in [5, 5.41) is 6.53. The molecule has 8 nitrogen and oxygen atoms in total. The zero-order valence-corrected chi connectivity index (χ0v) is 15.6. The molecule has 0 aromatic heterocycles. The molecule has 0 spiro atoms. The van der Waals surface area contributed by atoms with Gasteiger partial charge in [-0.05, 0) is 61.0 Å². The number of rotatable bonds is 8. The van der Waals surface area contributed by atoms with Crippen molar-refractivity contribution in [3.8, 4) is 5.75 Å². The maximum Gasteiger partial charge on any atom is 0.344 e. The minimum atomic E-state index is -0.430. The molecule has 2 N–H and O–H groups in total. The van der Waals surface area contributed by atoms with E-state index >= 15 is 0 Å². The van der Waals surface area contributed by atoms with Gasteiger partial charge in [0.2, 0.25) is 5.91 Å². The molecule has 2 aromatic rings. The minimum absolute atomic E-state index is 0.155. The molecule has 2 rings (SSSR count). The smallest absolute Gasteiger partial charge is 0.344 e. The number of hydrogen-bond donors (Lipinski definition) is 2. The molecule has 8 heteroatoms. The van der Waals surface area contributed by atoms with Crippen LogP contribution in [0.1, 0.15) is 29.8 Å². The monoisotopic (exact) mass is 383 g/mol. The van der Waals surface area contributed by atoms with Gasteiger partial charge in [0.15, 0.2) is 6.61 Å². The maximum atomic E-state index is 12.0. The van der Waals surface area contributed by atoms with E-state index in [-0.39, 0.29) is 18.4 Å². The number of esters is 1. The zero-order valence-electron chi connectivity index (χ0n) is 15.6. The van der Waals surface area contributed by atoms with Crippen LogP contribution in [-0.2, 0) is 14.3 Å². The topological polar surface area (TPSA) is 106 Å². The molecule has 0 saturated carbocycles. The molecule has 0 atom stereocenters. The number of anilines is 1. The van der Waals surface area contributed by atoms with Crippen LogP contribution >= 0.6 is 0 Å². The Bertz CT molecular complexity index is 845. The van der Waals surface area contributed by atoms with Gasteiger partial charge in [0, 0.05) is 18.2 Å². The summed E-state index contributed by atoms with van der Waals surface area (Å²) in [5.74, 6) is -0.464. The fraction of sp³-hybridized carbons (Fsp3) is 0.200. The molecule has 28 heavy (non-hydrogen) atoms. The second kappa shape index (κ2) is 10.5. The van der Waals surface area contributed by atoms with E-state index in [0.29, 0.717) is 23.6 Å². The van der Waals surface area contributed by atoms with Crippen LogP contribution in [0.2, 0.25) is 0 Å². The molecule has 0 fully saturated rings. The van der Waals surface area contributed by atoms with Crippen LogP contribution in [0.3, 0.4) is 0 Å². The van der Waals surface area contributed by atoms with Crippen LogP contribution in [0.5, 0.6) is 5.75 Å². The second-order valence-corrected chi connectivity index (χ2v) is 5.62. The Balaban J connectivity index is 1.84. The standard InChI is InChI=1S/C20H21N3O5/c1-3-27-19(25)13-28-18-10-4-15(5-11-18)12-21-23-20(26)16-6-8-17(9-7-16)22-14(2)24/h4-12H,3,13H2,1-2H3,(H,22,24)(H,23,26)/b21-12-. The van der Waals surface area contributed by atoms with E-state index in [1.807, 2.05) is 0 Å². The van der Waals surface area contributed by atoms with Crippen molar-refractivity contribution in [1.29, 1.82) is 0 Å². The Labute approximate surface area is 162 Å². The first-order valence-corrected chi connectivity index (χ1v) is 8.57. The summed E-state index contributed by atoms with van der Waals surface area (Å²) in [4.78, 5) is 34.3. The van der Waals surface area contributed by atoms with Crippen molar-refractivity contribution in [3.63, 3.8) is 0 Å². The molecule has 0 radical (unpaired) electrons. The van der Waals surface area contributed by atoms with Crippen LogP contribution < -0.4 is 15.5 Å². The first-order chi connectivity index (χ1) is 13.5. The summed E-state index contributed by atoms with van der Waals surface area (Å²) < 4.78 is 10.1. The van der Waals surface area contributed by atoms with Crippen molar-refractivity contribution in [2.75, 3.05) is 18.5 Å². The average Bonchev–Trinajstić information content (AvgIpc) is 2.67. The van der Waals surface area contributed by atoms with Gasteiger partial charge in [-0.3, -0.25) is 9.59 Å².